The number of hydrogen-bond donors (Lipinski definition) is 0. The first-order valence-corrected chi connectivity index (χ1v) is 11.3. The van der Waals surface area contributed by atoms with Gasteiger partial charge in [0.15, 0.2) is 0 Å². The van der Waals surface area contributed by atoms with Crippen LogP contribution in [0.2, 0.25) is 0 Å². The number of nitrogens with zero attached hydrogens (tertiary/aromatic N) is 5. The molecule has 0 radical (unpaired) electrons. The fourth-order valence-electron chi connectivity index (χ4n) is 3.43. The van der Waals surface area contributed by atoms with E-state index in [0.29, 0.717) is 50.1 Å². The van der Waals surface area contributed by atoms with Crippen molar-refractivity contribution in [2.45, 2.75) is 17.7 Å². The second kappa shape index (κ2) is 7.53. The third-order valence-electron chi connectivity index (χ3n) is 4.91. The van der Waals surface area contributed by atoms with Crippen LogP contribution in [0.5, 0.6) is 0 Å². The maximum atomic E-state index is 13.0. The highest BCUT2D eigenvalue weighted by Crippen LogP contribution is 2.29. The van der Waals surface area contributed by atoms with E-state index in [1.807, 2.05) is 4.90 Å². The van der Waals surface area contributed by atoms with Crippen molar-refractivity contribution in [1.82, 2.24) is 19.2 Å². The lowest BCUT2D eigenvalue weighted by Crippen LogP contribution is -2.49. The van der Waals surface area contributed by atoms with Crippen molar-refractivity contribution in [3.05, 3.63) is 34.8 Å². The van der Waals surface area contributed by atoms with Crippen molar-refractivity contribution >= 4 is 33.2 Å². The SMILES string of the molecule is O=C(c1sccc1S(=O)(=O)N1CCCC1)N1CCN(c2ncccn2)CC1. The Balaban J connectivity index is 1.48. The molecule has 2 aromatic heterocycles. The summed E-state index contributed by atoms with van der Waals surface area (Å²) in [5.74, 6) is 0.439. The first-order chi connectivity index (χ1) is 13.1. The number of aromatic nitrogens is 2. The quantitative estimate of drug-likeness (QED) is 0.759. The lowest BCUT2D eigenvalue weighted by atomic mass is 10.3. The normalized spacial score (nSPS) is 18.8. The molecule has 8 nitrogen and oxygen atoms in total. The van der Waals surface area contributed by atoms with E-state index in [2.05, 4.69) is 9.97 Å². The number of anilines is 1. The molecule has 0 bridgehead atoms. The van der Waals surface area contributed by atoms with Gasteiger partial charge in [0.05, 0.1) is 0 Å². The van der Waals surface area contributed by atoms with Crippen LogP contribution in [-0.4, -0.2) is 72.8 Å². The molecule has 1 amide bonds. The summed E-state index contributed by atoms with van der Waals surface area (Å²) in [6.07, 6.45) is 5.13. The molecule has 0 N–H and O–H groups in total. The van der Waals surface area contributed by atoms with Gasteiger partial charge in [-0.2, -0.15) is 4.31 Å². The van der Waals surface area contributed by atoms with Gasteiger partial charge in [0, 0.05) is 51.7 Å². The zero-order chi connectivity index (χ0) is 18.9. The van der Waals surface area contributed by atoms with E-state index < -0.39 is 10.0 Å². The highest BCUT2D eigenvalue weighted by molar-refractivity contribution is 7.89. The van der Waals surface area contributed by atoms with E-state index in [0.717, 1.165) is 12.8 Å². The molecule has 27 heavy (non-hydrogen) atoms. The van der Waals surface area contributed by atoms with Crippen LogP contribution in [0.3, 0.4) is 0 Å². The van der Waals surface area contributed by atoms with E-state index in [9.17, 15) is 13.2 Å². The number of carbonyl (C=O) groups is 1. The predicted octanol–water partition coefficient (Wildman–Crippen LogP) is 1.29. The van der Waals surface area contributed by atoms with Crippen molar-refractivity contribution in [3.8, 4) is 0 Å². The third-order valence-corrected chi connectivity index (χ3v) is 7.88. The summed E-state index contributed by atoms with van der Waals surface area (Å²) >= 11 is 1.20. The number of thiophene rings is 1. The topological polar surface area (TPSA) is 86.7 Å². The molecule has 0 aliphatic carbocycles. The molecule has 0 aromatic carbocycles. The maximum Gasteiger partial charge on any atom is 0.265 e. The van der Waals surface area contributed by atoms with Gasteiger partial charge >= 0.3 is 0 Å². The molecule has 2 aliphatic rings. The van der Waals surface area contributed by atoms with Crippen LogP contribution in [0.4, 0.5) is 5.95 Å². The minimum atomic E-state index is -3.60. The summed E-state index contributed by atoms with van der Waals surface area (Å²) in [6.45, 7) is 3.32. The maximum absolute atomic E-state index is 13.0. The molecule has 2 fully saturated rings. The molecular formula is C17H21N5O3S2. The number of rotatable bonds is 4. The van der Waals surface area contributed by atoms with Crippen LogP contribution in [0, 0.1) is 0 Å². The van der Waals surface area contributed by atoms with Gasteiger partial charge in [0.25, 0.3) is 5.91 Å². The van der Waals surface area contributed by atoms with Crippen molar-refractivity contribution in [2.24, 2.45) is 0 Å². The summed E-state index contributed by atoms with van der Waals surface area (Å²) in [5, 5.41) is 1.68. The molecule has 144 valence electrons. The largest absolute Gasteiger partial charge is 0.337 e. The Morgan fingerprint density at radius 3 is 2.33 bits per heavy atom. The lowest BCUT2D eigenvalue weighted by molar-refractivity contribution is 0.0747. The summed E-state index contributed by atoms with van der Waals surface area (Å²) in [7, 11) is -3.60. The van der Waals surface area contributed by atoms with Gasteiger partial charge < -0.3 is 9.80 Å². The van der Waals surface area contributed by atoms with E-state index in [1.54, 1.807) is 34.8 Å². The Hall–Kier alpha value is -2.04. The number of carbonyl (C=O) groups excluding carboxylic acids is 1. The van der Waals surface area contributed by atoms with Gasteiger partial charge in [-0.25, -0.2) is 18.4 Å². The number of piperazine rings is 1. The molecule has 0 spiro atoms. The number of sulfonamides is 1. The molecule has 2 aromatic rings. The Kier molecular flexibility index (Phi) is 5.11. The van der Waals surface area contributed by atoms with Crippen LogP contribution in [0.25, 0.3) is 0 Å². The van der Waals surface area contributed by atoms with E-state index >= 15 is 0 Å². The molecule has 4 rings (SSSR count). The van der Waals surface area contributed by atoms with E-state index in [-0.39, 0.29) is 10.8 Å². The monoisotopic (exact) mass is 407 g/mol. The molecule has 2 saturated heterocycles. The van der Waals surface area contributed by atoms with Crippen LogP contribution in [-0.2, 0) is 10.0 Å². The highest BCUT2D eigenvalue weighted by Gasteiger charge is 2.34. The minimum absolute atomic E-state index is 0.147. The van der Waals surface area contributed by atoms with Crippen molar-refractivity contribution in [2.75, 3.05) is 44.2 Å². The summed E-state index contributed by atoms with van der Waals surface area (Å²) in [6, 6.07) is 3.32. The lowest BCUT2D eigenvalue weighted by Gasteiger charge is -2.34. The molecule has 10 heteroatoms. The van der Waals surface area contributed by atoms with Gasteiger partial charge in [-0.05, 0) is 30.4 Å². The predicted molar refractivity (Wildman–Crippen MR) is 102 cm³/mol. The highest BCUT2D eigenvalue weighted by atomic mass is 32.2. The Morgan fingerprint density at radius 2 is 1.67 bits per heavy atom. The average Bonchev–Trinajstić information content (AvgIpc) is 3.41. The van der Waals surface area contributed by atoms with E-state index in [4.69, 9.17) is 0 Å². The summed E-state index contributed by atoms with van der Waals surface area (Å²) in [4.78, 5) is 25.7. The smallest absolute Gasteiger partial charge is 0.265 e. The van der Waals surface area contributed by atoms with Crippen molar-refractivity contribution in [3.63, 3.8) is 0 Å². The zero-order valence-electron chi connectivity index (χ0n) is 14.8. The van der Waals surface area contributed by atoms with Crippen LogP contribution < -0.4 is 4.90 Å². The summed E-state index contributed by atoms with van der Waals surface area (Å²) < 4.78 is 27.2. The van der Waals surface area contributed by atoms with Crippen molar-refractivity contribution < 1.29 is 13.2 Å². The number of amides is 1. The van der Waals surface area contributed by atoms with E-state index in [1.165, 1.54) is 15.6 Å². The van der Waals surface area contributed by atoms with Gasteiger partial charge in [-0.15, -0.1) is 11.3 Å². The number of hydrogen-bond acceptors (Lipinski definition) is 7. The second-order valence-corrected chi connectivity index (χ2v) is 9.38. The molecule has 0 saturated carbocycles. The molecule has 4 heterocycles. The second-order valence-electron chi connectivity index (χ2n) is 6.55. The van der Waals surface area contributed by atoms with Gasteiger partial charge in [0.1, 0.15) is 9.77 Å². The molecule has 0 unspecified atom stereocenters. The van der Waals surface area contributed by atoms with Crippen LogP contribution in [0.15, 0.2) is 34.8 Å². The van der Waals surface area contributed by atoms with Gasteiger partial charge in [-0.1, -0.05) is 0 Å². The average molecular weight is 408 g/mol. The Labute approximate surface area is 162 Å². The fourth-order valence-corrected chi connectivity index (χ4v) is 6.31. The standard InChI is InChI=1S/C17H21N5O3S2/c23-16(20-9-11-21(12-10-20)17-18-5-3-6-19-17)15-14(4-13-26-15)27(24,25)22-7-1-2-8-22/h3-6,13H,1-2,7-12H2. The van der Waals surface area contributed by atoms with Gasteiger partial charge in [-0.3, -0.25) is 4.79 Å². The van der Waals surface area contributed by atoms with Gasteiger partial charge in [0.2, 0.25) is 16.0 Å². The Morgan fingerprint density at radius 1 is 1.00 bits per heavy atom. The molecule has 0 atom stereocenters. The Bertz CT molecular complexity index is 902. The van der Waals surface area contributed by atoms with Crippen LogP contribution >= 0.6 is 11.3 Å². The van der Waals surface area contributed by atoms with Crippen LogP contribution in [0.1, 0.15) is 22.5 Å². The summed E-state index contributed by atoms with van der Waals surface area (Å²) in [5.41, 5.74) is 0. The first-order valence-electron chi connectivity index (χ1n) is 8.96. The zero-order valence-corrected chi connectivity index (χ0v) is 16.5. The molecule has 2 aliphatic heterocycles. The minimum Gasteiger partial charge on any atom is -0.337 e. The fraction of sp³-hybridized carbons (Fsp3) is 0.471. The first kappa shape index (κ1) is 18.3. The van der Waals surface area contributed by atoms with Crippen molar-refractivity contribution in [1.29, 1.82) is 0 Å². The molecular weight excluding hydrogens is 386 g/mol. The third kappa shape index (κ3) is 3.56.